The molecule has 1 unspecified atom stereocenters. The van der Waals surface area contributed by atoms with Gasteiger partial charge in [-0.1, -0.05) is 41.9 Å². The number of aryl methyl sites for hydroxylation is 1. The van der Waals surface area contributed by atoms with Gasteiger partial charge in [0.15, 0.2) is 0 Å². The van der Waals surface area contributed by atoms with Crippen LogP contribution in [0.5, 0.6) is 0 Å². The maximum absolute atomic E-state index is 12.4. The lowest BCUT2D eigenvalue weighted by atomic mass is 10.1. The zero-order valence-electron chi connectivity index (χ0n) is 19.1. The average molecular weight is 468 g/mol. The first-order valence-corrected chi connectivity index (χ1v) is 11.8. The lowest BCUT2D eigenvalue weighted by molar-refractivity contribution is 0.0914. The normalized spacial score (nSPS) is 16.7. The number of nitrogens with one attached hydrogen (secondary N) is 1. The third-order valence-corrected chi connectivity index (χ3v) is 6.31. The first-order chi connectivity index (χ1) is 16.0. The molecule has 1 aromatic heterocycles. The van der Waals surface area contributed by atoms with Gasteiger partial charge in [-0.3, -0.25) is 9.69 Å². The summed E-state index contributed by atoms with van der Waals surface area (Å²) in [5, 5.41) is 11.4. The summed E-state index contributed by atoms with van der Waals surface area (Å²) in [5.74, 6) is 0.0108. The van der Waals surface area contributed by atoms with E-state index in [9.17, 15) is 4.79 Å². The third-order valence-electron chi connectivity index (χ3n) is 5.94. The number of hydrogen-bond acceptors (Lipinski definition) is 6. The van der Waals surface area contributed by atoms with Crippen molar-refractivity contribution >= 4 is 23.2 Å². The fraction of sp³-hybridized carbons (Fsp3) is 0.400. The zero-order valence-corrected chi connectivity index (χ0v) is 19.9. The molecular weight excluding hydrogens is 438 g/mol. The summed E-state index contributed by atoms with van der Waals surface area (Å²) >= 11 is 6.17. The molecule has 1 aliphatic heterocycles. The van der Waals surface area contributed by atoms with Crippen molar-refractivity contribution in [3.8, 4) is 0 Å². The maximum Gasteiger partial charge on any atom is 0.308 e. The van der Waals surface area contributed by atoms with Crippen molar-refractivity contribution in [1.82, 2.24) is 20.4 Å². The van der Waals surface area contributed by atoms with E-state index in [1.54, 1.807) is 0 Å². The Labute approximate surface area is 199 Å². The molecule has 0 spiro atoms. The SMILES string of the molecule is Cc1cccc(N2CCN(CCCNC(=O)c3nnc(Cc4ccccc4Cl)o3)CC2C)c1. The van der Waals surface area contributed by atoms with Crippen LogP contribution in [0.15, 0.2) is 52.9 Å². The van der Waals surface area contributed by atoms with Gasteiger partial charge in [0.05, 0.1) is 6.42 Å². The van der Waals surface area contributed by atoms with Gasteiger partial charge in [-0.05, 0) is 56.1 Å². The van der Waals surface area contributed by atoms with E-state index in [2.05, 4.69) is 63.4 Å². The fourth-order valence-electron chi connectivity index (χ4n) is 4.23. The molecule has 1 saturated heterocycles. The summed E-state index contributed by atoms with van der Waals surface area (Å²) in [6, 6.07) is 16.6. The van der Waals surface area contributed by atoms with Gasteiger partial charge >= 0.3 is 11.8 Å². The lowest BCUT2D eigenvalue weighted by Crippen LogP contribution is -2.52. The first kappa shape index (κ1) is 23.3. The minimum Gasteiger partial charge on any atom is -0.417 e. The van der Waals surface area contributed by atoms with Crippen LogP contribution in [-0.2, 0) is 6.42 Å². The third kappa shape index (κ3) is 6.12. The van der Waals surface area contributed by atoms with Crippen LogP contribution in [0.3, 0.4) is 0 Å². The highest BCUT2D eigenvalue weighted by Crippen LogP contribution is 2.22. The van der Waals surface area contributed by atoms with E-state index in [0.717, 1.165) is 38.2 Å². The van der Waals surface area contributed by atoms with Crippen molar-refractivity contribution in [1.29, 1.82) is 0 Å². The van der Waals surface area contributed by atoms with Gasteiger partial charge in [-0.15, -0.1) is 10.2 Å². The summed E-state index contributed by atoms with van der Waals surface area (Å²) in [7, 11) is 0. The van der Waals surface area contributed by atoms with E-state index in [-0.39, 0.29) is 11.8 Å². The van der Waals surface area contributed by atoms with Crippen molar-refractivity contribution in [2.24, 2.45) is 0 Å². The van der Waals surface area contributed by atoms with E-state index in [1.165, 1.54) is 11.3 Å². The van der Waals surface area contributed by atoms with Gasteiger partial charge in [0.25, 0.3) is 0 Å². The number of carbonyl (C=O) groups is 1. The smallest absolute Gasteiger partial charge is 0.308 e. The van der Waals surface area contributed by atoms with Crippen LogP contribution in [0.4, 0.5) is 5.69 Å². The minimum atomic E-state index is -0.342. The Balaban J connectivity index is 1.19. The highest BCUT2D eigenvalue weighted by molar-refractivity contribution is 6.31. The molecular formula is C25H30ClN5O2. The zero-order chi connectivity index (χ0) is 23.2. The summed E-state index contributed by atoms with van der Waals surface area (Å²) in [6.07, 6.45) is 1.26. The highest BCUT2D eigenvalue weighted by atomic mass is 35.5. The van der Waals surface area contributed by atoms with Crippen LogP contribution in [0, 0.1) is 6.92 Å². The Hall–Kier alpha value is -2.90. The molecule has 1 fully saturated rings. The fourth-order valence-corrected chi connectivity index (χ4v) is 4.43. The number of nitrogens with zero attached hydrogens (tertiary/aromatic N) is 4. The second-order valence-electron chi connectivity index (χ2n) is 8.56. The van der Waals surface area contributed by atoms with E-state index in [0.29, 0.717) is 29.9 Å². The van der Waals surface area contributed by atoms with Crippen molar-refractivity contribution in [3.63, 3.8) is 0 Å². The van der Waals surface area contributed by atoms with E-state index < -0.39 is 0 Å². The molecule has 174 valence electrons. The van der Waals surface area contributed by atoms with Crippen LogP contribution in [0.2, 0.25) is 5.02 Å². The van der Waals surface area contributed by atoms with Crippen LogP contribution in [-0.4, -0.2) is 59.8 Å². The molecule has 33 heavy (non-hydrogen) atoms. The predicted molar refractivity (Wildman–Crippen MR) is 130 cm³/mol. The molecule has 2 heterocycles. The minimum absolute atomic E-state index is 0.0163. The highest BCUT2D eigenvalue weighted by Gasteiger charge is 2.23. The number of hydrogen-bond donors (Lipinski definition) is 1. The molecule has 1 aliphatic rings. The number of amides is 1. The Morgan fingerprint density at radius 2 is 2.03 bits per heavy atom. The molecule has 0 aliphatic carbocycles. The second kappa shape index (κ2) is 10.8. The average Bonchev–Trinajstić information content (AvgIpc) is 3.27. The molecule has 0 radical (unpaired) electrons. The molecule has 1 N–H and O–H groups in total. The number of anilines is 1. The molecule has 1 atom stereocenters. The van der Waals surface area contributed by atoms with Gasteiger partial charge < -0.3 is 14.6 Å². The topological polar surface area (TPSA) is 74.5 Å². The molecule has 8 heteroatoms. The monoisotopic (exact) mass is 467 g/mol. The second-order valence-corrected chi connectivity index (χ2v) is 8.97. The molecule has 2 aromatic carbocycles. The number of halogens is 1. The standard InChI is InChI=1S/C25H30ClN5O2/c1-18-7-5-9-21(15-18)31-14-13-30(17-19(31)2)12-6-11-27-24(32)25-29-28-23(33-25)16-20-8-3-4-10-22(20)26/h3-5,7-10,15,19H,6,11-14,16-17H2,1-2H3,(H,27,32). The number of benzene rings is 2. The molecule has 7 nitrogen and oxygen atoms in total. The molecule has 3 aromatic rings. The Morgan fingerprint density at radius 3 is 2.82 bits per heavy atom. The number of carbonyl (C=O) groups excluding carboxylic acids is 1. The summed E-state index contributed by atoms with van der Waals surface area (Å²) in [6.45, 7) is 8.94. The van der Waals surface area contributed by atoms with Crippen molar-refractivity contribution in [2.75, 3.05) is 37.6 Å². The first-order valence-electron chi connectivity index (χ1n) is 11.4. The largest absolute Gasteiger partial charge is 0.417 e. The van der Waals surface area contributed by atoms with Crippen LogP contribution in [0.1, 0.15) is 41.0 Å². The Kier molecular flexibility index (Phi) is 7.62. The van der Waals surface area contributed by atoms with Gasteiger partial charge in [0.1, 0.15) is 0 Å². The van der Waals surface area contributed by atoms with Crippen LogP contribution >= 0.6 is 11.6 Å². The number of piperazine rings is 1. The summed E-state index contributed by atoms with van der Waals surface area (Å²) in [5.41, 5.74) is 3.46. The van der Waals surface area contributed by atoms with Crippen molar-refractivity contribution < 1.29 is 9.21 Å². The molecule has 0 bridgehead atoms. The van der Waals surface area contributed by atoms with Crippen LogP contribution < -0.4 is 10.2 Å². The van der Waals surface area contributed by atoms with Gasteiger partial charge in [-0.2, -0.15) is 0 Å². The van der Waals surface area contributed by atoms with Crippen molar-refractivity contribution in [3.05, 3.63) is 76.5 Å². The Bertz CT molecular complexity index is 1090. The summed E-state index contributed by atoms with van der Waals surface area (Å²) in [4.78, 5) is 17.3. The maximum atomic E-state index is 12.4. The van der Waals surface area contributed by atoms with Crippen LogP contribution in [0.25, 0.3) is 0 Å². The Morgan fingerprint density at radius 1 is 1.18 bits per heavy atom. The van der Waals surface area contributed by atoms with Gasteiger partial charge in [0.2, 0.25) is 5.89 Å². The molecule has 4 rings (SSSR count). The lowest BCUT2D eigenvalue weighted by Gasteiger charge is -2.41. The van der Waals surface area contributed by atoms with E-state index in [1.807, 2.05) is 24.3 Å². The molecule has 1 amide bonds. The van der Waals surface area contributed by atoms with E-state index in [4.69, 9.17) is 16.0 Å². The van der Waals surface area contributed by atoms with Gasteiger partial charge in [0, 0.05) is 42.9 Å². The molecule has 0 saturated carbocycles. The van der Waals surface area contributed by atoms with E-state index >= 15 is 0 Å². The van der Waals surface area contributed by atoms with Gasteiger partial charge in [-0.25, -0.2) is 0 Å². The number of aromatic nitrogens is 2. The number of rotatable bonds is 8. The predicted octanol–water partition coefficient (Wildman–Crippen LogP) is 3.95. The quantitative estimate of drug-likeness (QED) is 0.505. The summed E-state index contributed by atoms with van der Waals surface area (Å²) < 4.78 is 5.52. The van der Waals surface area contributed by atoms with Crippen molar-refractivity contribution in [2.45, 2.75) is 32.7 Å².